The second kappa shape index (κ2) is 10.3. The van der Waals surface area contributed by atoms with Gasteiger partial charge in [-0.25, -0.2) is 4.52 Å². The molecule has 38 heavy (non-hydrogen) atoms. The van der Waals surface area contributed by atoms with Gasteiger partial charge in [0, 0.05) is 41.5 Å². The van der Waals surface area contributed by atoms with Crippen molar-refractivity contribution in [1.29, 1.82) is 0 Å². The topological polar surface area (TPSA) is 144 Å². The van der Waals surface area contributed by atoms with Gasteiger partial charge in [-0.2, -0.15) is 10.2 Å². The van der Waals surface area contributed by atoms with Crippen molar-refractivity contribution in [2.75, 3.05) is 25.0 Å². The van der Waals surface area contributed by atoms with E-state index in [1.807, 2.05) is 19.2 Å². The lowest BCUT2D eigenvalue weighted by atomic mass is 10.0. The van der Waals surface area contributed by atoms with Crippen LogP contribution in [0.2, 0.25) is 0 Å². The molecule has 0 aromatic carbocycles. The number of carbonyl (C=O) groups is 2. The van der Waals surface area contributed by atoms with E-state index in [2.05, 4.69) is 39.2 Å². The van der Waals surface area contributed by atoms with E-state index in [-0.39, 0.29) is 18.1 Å². The number of nitrogens with two attached hydrogens (primary N) is 1. The average Bonchev–Trinajstić information content (AvgIpc) is 3.62. The number of carbonyl (C=O) groups excluding carboxylic acids is 2. The first-order valence-corrected chi connectivity index (χ1v) is 13.5. The number of amides is 2. The van der Waals surface area contributed by atoms with Gasteiger partial charge in [0.2, 0.25) is 5.91 Å². The molecule has 1 aliphatic rings. The van der Waals surface area contributed by atoms with Gasteiger partial charge in [0.15, 0.2) is 0 Å². The molecule has 1 saturated heterocycles. The van der Waals surface area contributed by atoms with Crippen LogP contribution in [0.1, 0.15) is 49.2 Å². The number of primary amides is 1. The molecule has 0 unspecified atom stereocenters. The molecule has 4 aromatic heterocycles. The molecule has 4 N–H and O–H groups in total. The molecule has 0 spiro atoms. The van der Waals surface area contributed by atoms with Crippen LogP contribution in [0.25, 0.3) is 26.5 Å². The van der Waals surface area contributed by atoms with Crippen molar-refractivity contribution in [3.8, 4) is 21.7 Å². The average molecular weight is 537 g/mol. The normalized spacial score (nSPS) is 15.4. The second-order valence-electron chi connectivity index (χ2n) is 10.2. The molecule has 0 atom stereocenters. The molecule has 2 amide bonds. The predicted octanol–water partition coefficient (Wildman–Crippen LogP) is 2.92. The highest BCUT2D eigenvalue weighted by atomic mass is 32.1. The van der Waals surface area contributed by atoms with E-state index in [9.17, 15) is 14.7 Å². The fraction of sp³-hybridized carbons (Fsp3) is 0.423. The van der Waals surface area contributed by atoms with E-state index >= 15 is 0 Å². The first-order valence-electron chi connectivity index (χ1n) is 12.6. The summed E-state index contributed by atoms with van der Waals surface area (Å²) in [4.78, 5) is 33.3. The second-order valence-corrected chi connectivity index (χ2v) is 11.2. The maximum absolute atomic E-state index is 12.8. The molecule has 12 heteroatoms. The molecular formula is C26H32N8O3S. The Morgan fingerprint density at radius 3 is 2.74 bits per heavy atom. The van der Waals surface area contributed by atoms with Crippen molar-refractivity contribution in [3.05, 3.63) is 42.1 Å². The summed E-state index contributed by atoms with van der Waals surface area (Å²) in [6, 6.07) is 1.88. The van der Waals surface area contributed by atoms with E-state index in [1.165, 1.54) is 17.5 Å². The third-order valence-electron chi connectivity index (χ3n) is 7.15. The molecule has 0 bridgehead atoms. The van der Waals surface area contributed by atoms with Gasteiger partial charge in [-0.1, -0.05) is 0 Å². The number of nitrogens with one attached hydrogen (secondary N) is 1. The van der Waals surface area contributed by atoms with E-state index in [1.54, 1.807) is 21.6 Å². The lowest BCUT2D eigenvalue weighted by molar-refractivity contribution is -0.116. The van der Waals surface area contributed by atoms with Crippen molar-refractivity contribution < 1.29 is 14.7 Å². The molecule has 200 valence electrons. The largest absolute Gasteiger partial charge is 0.394 e. The Bertz CT molecular complexity index is 1500. The summed E-state index contributed by atoms with van der Waals surface area (Å²) in [5.74, 6) is -0.632. The molecule has 5 heterocycles. The van der Waals surface area contributed by atoms with Gasteiger partial charge in [-0.3, -0.25) is 24.2 Å². The predicted molar refractivity (Wildman–Crippen MR) is 146 cm³/mol. The van der Waals surface area contributed by atoms with Crippen LogP contribution in [-0.2, 0) is 11.3 Å². The minimum absolute atomic E-state index is 0.0341. The summed E-state index contributed by atoms with van der Waals surface area (Å²) in [5, 5.41) is 21.1. The standard InChI is InChI=1S/C26H32N8O3S/c1-16-19(11-18(13-28-16)31-21(36)5-8-32-7-4-6-26(32,2)3)22-23(17-12-29-33(15-17)9-10-35)38-25-20(24(27)37)14-30-34(22)25/h11-15,35H,4-10H2,1-3H3,(H2,27,37)(H,31,36). The number of pyridine rings is 1. The van der Waals surface area contributed by atoms with Crippen molar-refractivity contribution >= 4 is 33.7 Å². The summed E-state index contributed by atoms with van der Waals surface area (Å²) in [6.45, 7) is 8.38. The number of aryl methyl sites for hydroxylation is 1. The monoisotopic (exact) mass is 536 g/mol. The number of aliphatic hydroxyl groups excluding tert-OH is 1. The maximum Gasteiger partial charge on any atom is 0.253 e. The van der Waals surface area contributed by atoms with Crippen LogP contribution in [0.15, 0.2) is 30.9 Å². The van der Waals surface area contributed by atoms with Gasteiger partial charge in [-0.05, 0) is 46.2 Å². The van der Waals surface area contributed by atoms with E-state index in [0.717, 1.165) is 46.8 Å². The SMILES string of the molecule is Cc1ncc(NC(=O)CCN2CCCC2(C)C)cc1-c1c(-c2cnn(CCO)c2)sc2c(C(N)=O)cnn12. The zero-order chi connectivity index (χ0) is 27.0. The van der Waals surface area contributed by atoms with Crippen LogP contribution in [0.3, 0.4) is 0 Å². The van der Waals surface area contributed by atoms with Crippen molar-refractivity contribution in [1.82, 2.24) is 29.3 Å². The number of nitrogens with zero attached hydrogens (tertiary/aromatic N) is 6. The third-order valence-corrected chi connectivity index (χ3v) is 8.37. The van der Waals surface area contributed by atoms with E-state index < -0.39 is 5.91 Å². The molecule has 0 aliphatic carbocycles. The number of hydrogen-bond acceptors (Lipinski definition) is 8. The number of thiazole rings is 1. The summed E-state index contributed by atoms with van der Waals surface area (Å²) in [5.41, 5.74) is 9.67. The summed E-state index contributed by atoms with van der Waals surface area (Å²) in [7, 11) is 0. The summed E-state index contributed by atoms with van der Waals surface area (Å²) < 4.78 is 3.34. The molecule has 0 radical (unpaired) electrons. The summed E-state index contributed by atoms with van der Waals surface area (Å²) >= 11 is 1.38. The third kappa shape index (κ3) is 4.94. The van der Waals surface area contributed by atoms with Crippen molar-refractivity contribution in [3.63, 3.8) is 0 Å². The van der Waals surface area contributed by atoms with Gasteiger partial charge in [-0.15, -0.1) is 11.3 Å². The van der Waals surface area contributed by atoms with E-state index in [0.29, 0.717) is 35.6 Å². The quantitative estimate of drug-likeness (QED) is 0.298. The maximum atomic E-state index is 12.8. The van der Waals surface area contributed by atoms with Gasteiger partial charge in [0.25, 0.3) is 5.91 Å². The molecular weight excluding hydrogens is 504 g/mol. The van der Waals surface area contributed by atoms with Gasteiger partial charge >= 0.3 is 0 Å². The number of aliphatic hydroxyl groups is 1. The minimum atomic E-state index is -0.563. The van der Waals surface area contributed by atoms with Crippen LogP contribution in [0.5, 0.6) is 0 Å². The Morgan fingerprint density at radius 1 is 1.21 bits per heavy atom. The van der Waals surface area contributed by atoms with Gasteiger partial charge < -0.3 is 16.2 Å². The van der Waals surface area contributed by atoms with Crippen LogP contribution in [0.4, 0.5) is 5.69 Å². The van der Waals surface area contributed by atoms with Crippen LogP contribution >= 0.6 is 11.3 Å². The lowest BCUT2D eigenvalue weighted by Crippen LogP contribution is -2.39. The first-order chi connectivity index (χ1) is 18.2. The highest BCUT2D eigenvalue weighted by molar-refractivity contribution is 7.21. The lowest BCUT2D eigenvalue weighted by Gasteiger charge is -2.31. The highest BCUT2D eigenvalue weighted by Gasteiger charge is 2.31. The Hall–Kier alpha value is -3.61. The minimum Gasteiger partial charge on any atom is -0.394 e. The Kier molecular flexibility index (Phi) is 7.03. The first kappa shape index (κ1) is 26.0. The van der Waals surface area contributed by atoms with Crippen molar-refractivity contribution in [2.24, 2.45) is 5.73 Å². The van der Waals surface area contributed by atoms with Crippen molar-refractivity contribution in [2.45, 2.75) is 52.1 Å². The number of likely N-dealkylation sites (tertiary alicyclic amines) is 1. The molecule has 11 nitrogen and oxygen atoms in total. The van der Waals surface area contributed by atoms with E-state index in [4.69, 9.17) is 5.73 Å². The molecule has 1 fully saturated rings. The fourth-order valence-corrected chi connectivity index (χ4v) is 6.22. The van der Waals surface area contributed by atoms with Gasteiger partial charge in [0.1, 0.15) is 4.83 Å². The molecule has 5 rings (SSSR count). The Labute approximate surface area is 224 Å². The Balaban J connectivity index is 1.49. The summed E-state index contributed by atoms with van der Waals surface area (Å²) in [6.07, 6.45) is 9.35. The fourth-order valence-electron chi connectivity index (χ4n) is 5.02. The van der Waals surface area contributed by atoms with Crippen LogP contribution < -0.4 is 11.1 Å². The van der Waals surface area contributed by atoms with Gasteiger partial charge in [0.05, 0.1) is 53.6 Å². The number of aromatic nitrogens is 5. The van der Waals surface area contributed by atoms with Crippen LogP contribution in [-0.4, -0.2) is 71.4 Å². The number of anilines is 1. The number of rotatable bonds is 9. The molecule has 1 aliphatic heterocycles. The Morgan fingerprint density at radius 2 is 2.03 bits per heavy atom. The smallest absolute Gasteiger partial charge is 0.253 e. The number of hydrogen-bond donors (Lipinski definition) is 3. The van der Waals surface area contributed by atoms with Crippen LogP contribution in [0, 0.1) is 6.92 Å². The number of fused-ring (bicyclic) bond motifs is 1. The zero-order valence-corrected chi connectivity index (χ0v) is 22.6. The molecule has 4 aromatic rings. The zero-order valence-electron chi connectivity index (χ0n) is 21.8. The highest BCUT2D eigenvalue weighted by Crippen LogP contribution is 2.41. The molecule has 0 saturated carbocycles.